The van der Waals surface area contributed by atoms with E-state index in [2.05, 4.69) is 15.0 Å². The van der Waals surface area contributed by atoms with Gasteiger partial charge in [-0.1, -0.05) is 54.1 Å². The molecule has 2 aromatic heterocycles. The van der Waals surface area contributed by atoms with Crippen LogP contribution in [0, 0.1) is 5.82 Å². The van der Waals surface area contributed by atoms with E-state index >= 15 is 0 Å². The van der Waals surface area contributed by atoms with Gasteiger partial charge in [0.2, 0.25) is 0 Å². The Morgan fingerprint density at radius 2 is 1.67 bits per heavy atom. The van der Waals surface area contributed by atoms with Gasteiger partial charge in [-0.2, -0.15) is 0 Å². The van der Waals surface area contributed by atoms with Crippen molar-refractivity contribution in [2.75, 3.05) is 0 Å². The summed E-state index contributed by atoms with van der Waals surface area (Å²) in [5.74, 6) is -0.271. The molecular formula is C18H11ClFN3O. The van der Waals surface area contributed by atoms with E-state index in [0.29, 0.717) is 27.4 Å². The summed E-state index contributed by atoms with van der Waals surface area (Å²) in [6.07, 6.45) is 0. The fraction of sp³-hybridized carbons (Fsp3) is 0. The largest absolute Gasteiger partial charge is 0.325 e. The monoisotopic (exact) mass is 339 g/mol. The number of fused-ring (bicyclic) bond motifs is 1. The molecule has 2 heterocycles. The number of aromatic amines is 2. The summed E-state index contributed by atoms with van der Waals surface area (Å²) < 4.78 is 13.9. The van der Waals surface area contributed by atoms with Crippen LogP contribution in [0.2, 0.25) is 5.02 Å². The van der Waals surface area contributed by atoms with Gasteiger partial charge in [0.25, 0.3) is 0 Å². The number of nitrogens with zero attached hydrogens (tertiary/aromatic N) is 1. The Morgan fingerprint density at radius 1 is 0.958 bits per heavy atom. The molecule has 0 bridgehead atoms. The van der Waals surface area contributed by atoms with Crippen molar-refractivity contribution in [3.63, 3.8) is 0 Å². The van der Waals surface area contributed by atoms with E-state index in [9.17, 15) is 9.18 Å². The van der Waals surface area contributed by atoms with Gasteiger partial charge in [0.1, 0.15) is 5.82 Å². The second kappa shape index (κ2) is 5.62. The van der Waals surface area contributed by atoms with Gasteiger partial charge in [-0.25, -0.2) is 14.2 Å². The lowest BCUT2D eigenvalue weighted by molar-refractivity contribution is 0.631. The zero-order valence-corrected chi connectivity index (χ0v) is 13.1. The molecule has 0 saturated carbocycles. The summed E-state index contributed by atoms with van der Waals surface area (Å²) in [6, 6.07) is 15.5. The summed E-state index contributed by atoms with van der Waals surface area (Å²) in [4.78, 5) is 21.0. The zero-order valence-electron chi connectivity index (χ0n) is 12.3. The van der Waals surface area contributed by atoms with Gasteiger partial charge >= 0.3 is 5.69 Å². The van der Waals surface area contributed by atoms with Gasteiger partial charge in [0.15, 0.2) is 5.65 Å². The SMILES string of the molecule is O=c1[nH]c2cc(Cl)c(-c3ccc(-c4ccccc4F)cc3)nc2[nH]1. The van der Waals surface area contributed by atoms with E-state index < -0.39 is 0 Å². The summed E-state index contributed by atoms with van der Waals surface area (Å²) >= 11 is 6.27. The average molecular weight is 340 g/mol. The number of hydrogen-bond donors (Lipinski definition) is 2. The first-order valence-electron chi connectivity index (χ1n) is 7.26. The standard InChI is InChI=1S/C18H11ClFN3O/c19-13-9-15-17(23-18(24)21-15)22-16(13)11-7-5-10(6-8-11)12-3-1-2-4-14(12)20/h1-9H,(H2,21,22,23,24). The number of imidazole rings is 1. The molecule has 118 valence electrons. The predicted octanol–water partition coefficient (Wildman–Crippen LogP) is 4.38. The van der Waals surface area contributed by atoms with Crippen molar-refractivity contribution in [3.05, 3.63) is 75.9 Å². The molecule has 0 saturated heterocycles. The Hall–Kier alpha value is -2.92. The van der Waals surface area contributed by atoms with E-state index in [-0.39, 0.29) is 11.5 Å². The van der Waals surface area contributed by atoms with Crippen molar-refractivity contribution in [1.82, 2.24) is 15.0 Å². The lowest BCUT2D eigenvalue weighted by Crippen LogP contribution is -1.99. The van der Waals surface area contributed by atoms with Crippen LogP contribution in [-0.4, -0.2) is 15.0 Å². The van der Waals surface area contributed by atoms with Crippen molar-refractivity contribution in [3.8, 4) is 22.4 Å². The summed E-state index contributed by atoms with van der Waals surface area (Å²) in [5, 5.41) is 0.427. The topological polar surface area (TPSA) is 61.5 Å². The minimum absolute atomic E-state index is 0.271. The molecular weight excluding hydrogens is 329 g/mol. The molecule has 4 aromatic rings. The quantitative estimate of drug-likeness (QED) is 0.569. The predicted molar refractivity (Wildman–Crippen MR) is 92.6 cm³/mol. The highest BCUT2D eigenvalue weighted by Gasteiger charge is 2.11. The minimum Gasteiger partial charge on any atom is -0.304 e. The molecule has 0 spiro atoms. The highest BCUT2D eigenvalue weighted by molar-refractivity contribution is 6.33. The van der Waals surface area contributed by atoms with E-state index in [0.717, 1.165) is 11.1 Å². The highest BCUT2D eigenvalue weighted by atomic mass is 35.5. The average Bonchev–Trinajstić information content (AvgIpc) is 2.94. The van der Waals surface area contributed by atoms with Crippen LogP contribution in [0.25, 0.3) is 33.5 Å². The normalized spacial score (nSPS) is 11.1. The van der Waals surface area contributed by atoms with Crippen LogP contribution in [0.5, 0.6) is 0 Å². The van der Waals surface area contributed by atoms with E-state index in [1.54, 1.807) is 24.3 Å². The number of halogens is 2. The number of hydrogen-bond acceptors (Lipinski definition) is 2. The van der Waals surface area contributed by atoms with Crippen molar-refractivity contribution in [1.29, 1.82) is 0 Å². The van der Waals surface area contributed by atoms with E-state index in [1.165, 1.54) is 6.07 Å². The van der Waals surface area contributed by atoms with Gasteiger partial charge in [-0.3, -0.25) is 4.98 Å². The zero-order chi connectivity index (χ0) is 16.7. The molecule has 2 N–H and O–H groups in total. The Kier molecular flexibility index (Phi) is 3.43. The van der Waals surface area contributed by atoms with Crippen LogP contribution < -0.4 is 5.69 Å². The second-order valence-electron chi connectivity index (χ2n) is 5.35. The van der Waals surface area contributed by atoms with E-state index in [4.69, 9.17) is 11.6 Å². The number of aromatic nitrogens is 3. The van der Waals surface area contributed by atoms with Gasteiger partial charge in [-0.15, -0.1) is 0 Å². The third kappa shape index (κ3) is 2.49. The maximum Gasteiger partial charge on any atom is 0.325 e. The number of nitrogens with one attached hydrogen (secondary N) is 2. The van der Waals surface area contributed by atoms with Crippen LogP contribution in [0.15, 0.2) is 59.4 Å². The van der Waals surface area contributed by atoms with Crippen LogP contribution in [0.4, 0.5) is 4.39 Å². The molecule has 4 nitrogen and oxygen atoms in total. The first-order chi connectivity index (χ1) is 11.6. The summed E-state index contributed by atoms with van der Waals surface area (Å²) in [5.41, 5.74) is 3.30. The van der Waals surface area contributed by atoms with Gasteiger partial charge < -0.3 is 4.98 Å². The Balaban J connectivity index is 1.79. The molecule has 0 aliphatic rings. The lowest BCUT2D eigenvalue weighted by Gasteiger charge is -2.07. The fourth-order valence-corrected chi connectivity index (χ4v) is 2.91. The van der Waals surface area contributed by atoms with Gasteiger partial charge in [-0.05, 0) is 17.7 Å². The van der Waals surface area contributed by atoms with E-state index in [1.807, 2.05) is 24.3 Å². The third-order valence-electron chi connectivity index (χ3n) is 3.80. The van der Waals surface area contributed by atoms with Gasteiger partial charge in [0.05, 0.1) is 16.2 Å². The molecule has 2 aromatic carbocycles. The Morgan fingerprint density at radius 3 is 2.42 bits per heavy atom. The molecule has 0 radical (unpaired) electrons. The van der Waals surface area contributed by atoms with Crippen molar-refractivity contribution in [2.24, 2.45) is 0 Å². The van der Waals surface area contributed by atoms with Crippen molar-refractivity contribution in [2.45, 2.75) is 0 Å². The molecule has 0 atom stereocenters. The number of benzene rings is 2. The number of H-pyrrole nitrogens is 2. The first kappa shape index (κ1) is 14.7. The Bertz CT molecular complexity index is 1100. The third-order valence-corrected chi connectivity index (χ3v) is 4.09. The molecule has 24 heavy (non-hydrogen) atoms. The number of rotatable bonds is 2. The lowest BCUT2D eigenvalue weighted by atomic mass is 10.0. The second-order valence-corrected chi connectivity index (χ2v) is 5.76. The summed E-state index contributed by atoms with van der Waals surface area (Å²) in [6.45, 7) is 0. The molecule has 4 rings (SSSR count). The van der Waals surface area contributed by atoms with Crippen LogP contribution in [-0.2, 0) is 0 Å². The highest BCUT2D eigenvalue weighted by Crippen LogP contribution is 2.30. The fourth-order valence-electron chi connectivity index (χ4n) is 2.65. The maximum absolute atomic E-state index is 13.9. The molecule has 0 aliphatic heterocycles. The molecule has 0 aliphatic carbocycles. The minimum atomic E-state index is -0.333. The maximum atomic E-state index is 13.9. The van der Waals surface area contributed by atoms with Gasteiger partial charge in [0, 0.05) is 11.1 Å². The van der Waals surface area contributed by atoms with Crippen molar-refractivity contribution >= 4 is 22.8 Å². The molecule has 0 amide bonds. The van der Waals surface area contributed by atoms with Crippen LogP contribution >= 0.6 is 11.6 Å². The Labute approximate surface area is 141 Å². The number of pyridine rings is 1. The van der Waals surface area contributed by atoms with Crippen LogP contribution in [0.1, 0.15) is 0 Å². The first-order valence-corrected chi connectivity index (χ1v) is 7.63. The molecule has 6 heteroatoms. The van der Waals surface area contributed by atoms with Crippen LogP contribution in [0.3, 0.4) is 0 Å². The van der Waals surface area contributed by atoms with Crippen molar-refractivity contribution < 1.29 is 4.39 Å². The molecule has 0 fully saturated rings. The summed E-state index contributed by atoms with van der Waals surface area (Å²) in [7, 11) is 0. The molecule has 0 unspecified atom stereocenters. The smallest absolute Gasteiger partial charge is 0.304 e.